The summed E-state index contributed by atoms with van der Waals surface area (Å²) in [5, 5.41) is 9.76. The fourth-order valence-electron chi connectivity index (χ4n) is 1.14. The van der Waals surface area contributed by atoms with Crippen LogP contribution < -0.4 is 0 Å². The molecule has 0 aliphatic rings. The summed E-state index contributed by atoms with van der Waals surface area (Å²) in [6, 6.07) is 5.66. The Bertz CT molecular complexity index is 481. The first-order chi connectivity index (χ1) is 6.82. The quantitative estimate of drug-likeness (QED) is 0.583. The van der Waals surface area contributed by atoms with Gasteiger partial charge in [0, 0.05) is 18.4 Å². The topological polar surface area (TPSA) is 77.3 Å². The third-order valence-electron chi connectivity index (χ3n) is 2.19. The molecule has 0 heterocycles. The first-order valence-electron chi connectivity index (χ1n) is 4.25. The Balaban J connectivity index is 3.17. The van der Waals surface area contributed by atoms with Crippen LogP contribution in [0.5, 0.6) is 0 Å². The molecule has 15 heavy (non-hydrogen) atoms. The number of nitro groups is 1. The first kappa shape index (κ1) is 11.6. The zero-order chi connectivity index (χ0) is 11.6. The van der Waals surface area contributed by atoms with Crippen LogP contribution >= 0.6 is 0 Å². The van der Waals surface area contributed by atoms with E-state index in [1.54, 1.807) is 6.07 Å². The minimum absolute atomic E-state index is 0.0944. The smallest absolute Gasteiger partial charge is 0.258 e. The van der Waals surface area contributed by atoms with Crippen LogP contribution in [0.4, 0.5) is 5.69 Å². The maximum absolute atomic E-state index is 11.2. The average Bonchev–Trinajstić information content (AvgIpc) is 2.15. The molecule has 0 amide bonds. The van der Waals surface area contributed by atoms with Gasteiger partial charge in [-0.05, 0) is 12.5 Å². The minimum Gasteiger partial charge on any atom is -0.258 e. The van der Waals surface area contributed by atoms with Gasteiger partial charge in [0.05, 0.1) is 10.2 Å². The summed E-state index contributed by atoms with van der Waals surface area (Å²) in [6.07, 6.45) is 1.11. The van der Waals surface area contributed by atoms with E-state index >= 15 is 0 Å². The summed E-state index contributed by atoms with van der Waals surface area (Å²) in [4.78, 5) is 9.94. The zero-order valence-electron chi connectivity index (χ0n) is 8.38. The van der Waals surface area contributed by atoms with E-state index in [2.05, 4.69) is 0 Å². The van der Waals surface area contributed by atoms with Gasteiger partial charge >= 0.3 is 0 Å². The molecule has 0 aliphatic heterocycles. The van der Waals surface area contributed by atoms with Crippen LogP contribution in [0.15, 0.2) is 24.3 Å². The minimum atomic E-state index is -3.22. The number of benzene rings is 1. The fraction of sp³-hybridized carbons (Fsp3) is 0.333. The van der Waals surface area contributed by atoms with Crippen LogP contribution in [0.2, 0.25) is 0 Å². The van der Waals surface area contributed by atoms with E-state index < -0.39 is 20.0 Å². The first-order valence-corrected chi connectivity index (χ1v) is 6.21. The number of sulfone groups is 1. The number of rotatable bonds is 3. The largest absolute Gasteiger partial charge is 0.269 e. The Kier molecular flexibility index (Phi) is 3.09. The van der Waals surface area contributed by atoms with Crippen molar-refractivity contribution < 1.29 is 13.3 Å². The molecule has 0 spiro atoms. The molecule has 1 unspecified atom stereocenters. The Labute approximate surface area is 87.8 Å². The molecule has 0 saturated carbocycles. The lowest BCUT2D eigenvalue weighted by molar-refractivity contribution is -0.384. The van der Waals surface area contributed by atoms with E-state index in [4.69, 9.17) is 0 Å². The van der Waals surface area contributed by atoms with Gasteiger partial charge < -0.3 is 0 Å². The van der Waals surface area contributed by atoms with Crippen molar-refractivity contribution in [3.05, 3.63) is 39.9 Å². The van der Waals surface area contributed by atoms with Gasteiger partial charge in [0.2, 0.25) is 0 Å². The second-order valence-electron chi connectivity index (χ2n) is 3.32. The molecule has 0 aromatic heterocycles. The van der Waals surface area contributed by atoms with Crippen molar-refractivity contribution in [1.82, 2.24) is 0 Å². The highest BCUT2D eigenvalue weighted by Gasteiger charge is 2.19. The van der Waals surface area contributed by atoms with Gasteiger partial charge in [-0.1, -0.05) is 12.1 Å². The van der Waals surface area contributed by atoms with Crippen molar-refractivity contribution in [3.8, 4) is 0 Å². The van der Waals surface area contributed by atoms with Gasteiger partial charge in [-0.15, -0.1) is 0 Å². The molecule has 1 rings (SSSR count). The zero-order valence-corrected chi connectivity index (χ0v) is 9.19. The number of non-ortho nitro benzene ring substituents is 1. The second kappa shape index (κ2) is 3.98. The Morgan fingerprint density at radius 2 is 2.00 bits per heavy atom. The molecule has 5 nitrogen and oxygen atoms in total. The lowest BCUT2D eigenvalue weighted by Crippen LogP contribution is -2.07. The molecule has 0 radical (unpaired) electrons. The summed E-state index contributed by atoms with van der Waals surface area (Å²) in [5.41, 5.74) is 0.342. The van der Waals surface area contributed by atoms with Crippen molar-refractivity contribution in [2.75, 3.05) is 6.26 Å². The van der Waals surface area contributed by atoms with Crippen LogP contribution in [-0.4, -0.2) is 19.6 Å². The van der Waals surface area contributed by atoms with Crippen LogP contribution in [0.3, 0.4) is 0 Å². The average molecular weight is 229 g/mol. The molecule has 1 aromatic rings. The molecule has 1 atom stereocenters. The van der Waals surface area contributed by atoms with Crippen molar-refractivity contribution in [3.63, 3.8) is 0 Å². The van der Waals surface area contributed by atoms with Gasteiger partial charge in [0.15, 0.2) is 9.84 Å². The van der Waals surface area contributed by atoms with Crippen LogP contribution in [0.25, 0.3) is 0 Å². The Morgan fingerprint density at radius 1 is 1.40 bits per heavy atom. The molecule has 0 fully saturated rings. The molecular weight excluding hydrogens is 218 g/mol. The molecule has 82 valence electrons. The summed E-state index contributed by atoms with van der Waals surface area (Å²) in [7, 11) is -3.22. The number of hydrogen-bond acceptors (Lipinski definition) is 4. The van der Waals surface area contributed by atoms with Gasteiger partial charge in [-0.3, -0.25) is 10.1 Å². The van der Waals surface area contributed by atoms with Crippen molar-refractivity contribution in [2.24, 2.45) is 0 Å². The number of nitrogens with zero attached hydrogens (tertiary/aromatic N) is 1. The summed E-state index contributed by atoms with van der Waals surface area (Å²) in [5.74, 6) is 0. The molecule has 0 saturated heterocycles. The van der Waals surface area contributed by atoms with Crippen molar-refractivity contribution >= 4 is 15.5 Å². The van der Waals surface area contributed by atoms with E-state index in [1.807, 2.05) is 0 Å². The predicted molar refractivity (Wildman–Crippen MR) is 56.4 cm³/mol. The van der Waals surface area contributed by atoms with E-state index in [9.17, 15) is 18.5 Å². The monoisotopic (exact) mass is 229 g/mol. The molecule has 0 N–H and O–H groups in total. The normalized spacial score (nSPS) is 13.5. The Hall–Kier alpha value is -1.43. The second-order valence-corrected chi connectivity index (χ2v) is 5.69. The highest BCUT2D eigenvalue weighted by Crippen LogP contribution is 2.24. The fourth-order valence-corrected chi connectivity index (χ4v) is 1.78. The molecule has 1 aromatic carbocycles. The molecule has 6 heteroatoms. The highest BCUT2D eigenvalue weighted by atomic mass is 32.2. The van der Waals surface area contributed by atoms with Gasteiger partial charge in [-0.25, -0.2) is 8.42 Å². The number of hydrogen-bond donors (Lipinski definition) is 0. The summed E-state index contributed by atoms with van der Waals surface area (Å²) < 4.78 is 22.5. The predicted octanol–water partition coefficient (Wildman–Crippen LogP) is 1.70. The van der Waals surface area contributed by atoms with Gasteiger partial charge in [-0.2, -0.15) is 0 Å². The van der Waals surface area contributed by atoms with Crippen molar-refractivity contribution in [1.29, 1.82) is 0 Å². The van der Waals surface area contributed by atoms with Crippen LogP contribution in [0, 0.1) is 10.1 Å². The molecule has 0 aliphatic carbocycles. The maximum Gasteiger partial charge on any atom is 0.269 e. The van der Waals surface area contributed by atoms with E-state index in [-0.39, 0.29) is 5.69 Å². The van der Waals surface area contributed by atoms with E-state index in [1.165, 1.54) is 25.1 Å². The summed E-state index contributed by atoms with van der Waals surface area (Å²) >= 11 is 0. The number of nitro benzene ring substituents is 1. The lowest BCUT2D eigenvalue weighted by Gasteiger charge is -2.08. The third kappa shape index (κ3) is 2.76. The highest BCUT2D eigenvalue weighted by molar-refractivity contribution is 7.90. The van der Waals surface area contributed by atoms with Gasteiger partial charge in [0.25, 0.3) is 5.69 Å². The van der Waals surface area contributed by atoms with E-state index in [0.29, 0.717) is 5.56 Å². The summed E-state index contributed by atoms with van der Waals surface area (Å²) in [6.45, 7) is 1.51. The SMILES string of the molecule is CC(c1cccc([N+](=O)[O-])c1)S(C)(=O)=O. The van der Waals surface area contributed by atoms with E-state index in [0.717, 1.165) is 6.26 Å². The van der Waals surface area contributed by atoms with Crippen molar-refractivity contribution in [2.45, 2.75) is 12.2 Å². The standard InChI is InChI=1S/C9H11NO4S/c1-7(15(2,13)14)8-4-3-5-9(6-8)10(11)12/h3-7H,1-2H3. The Morgan fingerprint density at radius 3 is 2.47 bits per heavy atom. The maximum atomic E-state index is 11.2. The van der Waals surface area contributed by atoms with Gasteiger partial charge in [0.1, 0.15) is 0 Å². The molecular formula is C9H11NO4S. The lowest BCUT2D eigenvalue weighted by atomic mass is 10.1. The third-order valence-corrected chi connectivity index (χ3v) is 3.75. The molecule has 0 bridgehead atoms. The van der Waals surface area contributed by atoms with Crippen LogP contribution in [-0.2, 0) is 9.84 Å². The van der Waals surface area contributed by atoms with Crippen LogP contribution in [0.1, 0.15) is 17.7 Å².